The van der Waals surface area contributed by atoms with Crippen LogP contribution in [-0.4, -0.2) is 7.05 Å². The Kier molecular flexibility index (Phi) is 5.10. The molecule has 1 unspecified atom stereocenters. The van der Waals surface area contributed by atoms with Crippen molar-refractivity contribution in [2.24, 2.45) is 5.92 Å². The molecule has 0 amide bonds. The molecule has 0 aliphatic heterocycles. The lowest BCUT2D eigenvalue weighted by Crippen LogP contribution is -2.23. The predicted octanol–water partition coefficient (Wildman–Crippen LogP) is 4.41. The van der Waals surface area contributed by atoms with E-state index in [-0.39, 0.29) is 0 Å². The van der Waals surface area contributed by atoms with Gasteiger partial charge in [-0.2, -0.15) is 0 Å². The maximum absolute atomic E-state index is 6.11. The molecule has 86 valence electrons. The molecule has 1 aromatic rings. The molecule has 0 saturated carbocycles. The SMILES string of the molecule is CCC(CC)C(NC)c1cc(C)c(Cl)s1. The van der Waals surface area contributed by atoms with Crippen LogP contribution in [0.3, 0.4) is 0 Å². The van der Waals surface area contributed by atoms with Crippen molar-refractivity contribution < 1.29 is 0 Å². The Morgan fingerprint density at radius 3 is 2.33 bits per heavy atom. The fourth-order valence-corrected chi connectivity index (χ4v) is 3.43. The van der Waals surface area contributed by atoms with E-state index in [2.05, 4.69) is 32.2 Å². The van der Waals surface area contributed by atoms with E-state index in [0.29, 0.717) is 12.0 Å². The maximum Gasteiger partial charge on any atom is 0.0960 e. The van der Waals surface area contributed by atoms with Gasteiger partial charge in [0.1, 0.15) is 0 Å². The van der Waals surface area contributed by atoms with Crippen molar-refractivity contribution in [2.75, 3.05) is 7.05 Å². The van der Waals surface area contributed by atoms with Gasteiger partial charge in [-0.1, -0.05) is 38.3 Å². The minimum atomic E-state index is 0.455. The molecule has 1 aromatic heterocycles. The molecule has 1 nitrogen and oxygen atoms in total. The zero-order valence-corrected chi connectivity index (χ0v) is 11.5. The van der Waals surface area contributed by atoms with E-state index in [0.717, 1.165) is 4.34 Å². The molecule has 0 aliphatic carbocycles. The van der Waals surface area contributed by atoms with Crippen LogP contribution < -0.4 is 5.32 Å². The minimum Gasteiger partial charge on any atom is -0.312 e. The molecule has 0 spiro atoms. The number of nitrogens with one attached hydrogen (secondary N) is 1. The van der Waals surface area contributed by atoms with Crippen molar-refractivity contribution in [1.29, 1.82) is 0 Å². The van der Waals surface area contributed by atoms with Crippen LogP contribution in [-0.2, 0) is 0 Å². The predicted molar refractivity (Wildman–Crippen MR) is 69.9 cm³/mol. The van der Waals surface area contributed by atoms with Crippen molar-refractivity contribution in [3.05, 3.63) is 20.8 Å². The Bertz CT molecular complexity index is 285. The number of hydrogen-bond donors (Lipinski definition) is 1. The van der Waals surface area contributed by atoms with E-state index in [1.807, 2.05) is 7.05 Å². The summed E-state index contributed by atoms with van der Waals surface area (Å²) in [5.74, 6) is 0.698. The van der Waals surface area contributed by atoms with Crippen LogP contribution in [0.25, 0.3) is 0 Å². The zero-order chi connectivity index (χ0) is 11.4. The third-order valence-electron chi connectivity index (χ3n) is 3.01. The largest absolute Gasteiger partial charge is 0.312 e. The topological polar surface area (TPSA) is 12.0 Å². The highest BCUT2D eigenvalue weighted by Crippen LogP contribution is 2.35. The normalized spacial score (nSPS) is 13.5. The number of halogens is 1. The fraction of sp³-hybridized carbons (Fsp3) is 0.667. The van der Waals surface area contributed by atoms with E-state index in [1.54, 1.807) is 11.3 Å². The average molecular weight is 246 g/mol. The second-order valence-electron chi connectivity index (χ2n) is 3.95. The molecule has 0 bridgehead atoms. The van der Waals surface area contributed by atoms with Crippen LogP contribution in [0.1, 0.15) is 43.2 Å². The third-order valence-corrected chi connectivity index (χ3v) is 4.65. The first-order valence-electron chi connectivity index (χ1n) is 5.57. The second-order valence-corrected chi connectivity index (χ2v) is 5.63. The van der Waals surface area contributed by atoms with Gasteiger partial charge >= 0.3 is 0 Å². The first-order valence-corrected chi connectivity index (χ1v) is 6.76. The summed E-state index contributed by atoms with van der Waals surface area (Å²) in [5, 5.41) is 3.41. The lowest BCUT2D eigenvalue weighted by atomic mass is 9.93. The molecule has 0 aromatic carbocycles. The van der Waals surface area contributed by atoms with Gasteiger partial charge in [0, 0.05) is 10.9 Å². The van der Waals surface area contributed by atoms with Crippen LogP contribution in [0.15, 0.2) is 6.07 Å². The van der Waals surface area contributed by atoms with E-state index in [1.165, 1.54) is 23.3 Å². The molecule has 3 heteroatoms. The zero-order valence-electron chi connectivity index (χ0n) is 9.93. The monoisotopic (exact) mass is 245 g/mol. The number of hydrogen-bond acceptors (Lipinski definition) is 2. The van der Waals surface area contributed by atoms with Gasteiger partial charge in [0.25, 0.3) is 0 Å². The third kappa shape index (κ3) is 2.96. The summed E-state index contributed by atoms with van der Waals surface area (Å²) in [6.45, 7) is 6.57. The van der Waals surface area contributed by atoms with Crippen molar-refractivity contribution >= 4 is 22.9 Å². The molecule has 1 rings (SSSR count). The molecule has 1 atom stereocenters. The lowest BCUT2D eigenvalue weighted by Gasteiger charge is -2.23. The molecule has 15 heavy (non-hydrogen) atoms. The summed E-state index contributed by atoms with van der Waals surface area (Å²) in [7, 11) is 2.03. The van der Waals surface area contributed by atoms with Gasteiger partial charge in [-0.25, -0.2) is 0 Å². The lowest BCUT2D eigenvalue weighted by molar-refractivity contribution is 0.364. The quantitative estimate of drug-likeness (QED) is 0.811. The Labute approximate surface area is 102 Å². The molecule has 1 N–H and O–H groups in total. The number of thiophene rings is 1. The highest BCUT2D eigenvalue weighted by atomic mass is 35.5. The summed E-state index contributed by atoms with van der Waals surface area (Å²) in [6, 6.07) is 2.67. The molecule has 0 radical (unpaired) electrons. The van der Waals surface area contributed by atoms with Crippen molar-refractivity contribution in [3.8, 4) is 0 Å². The van der Waals surface area contributed by atoms with Gasteiger partial charge in [-0.15, -0.1) is 11.3 Å². The highest BCUT2D eigenvalue weighted by Gasteiger charge is 2.20. The van der Waals surface area contributed by atoms with Crippen molar-refractivity contribution in [3.63, 3.8) is 0 Å². The molecule has 0 aliphatic rings. The first-order chi connectivity index (χ1) is 7.13. The Balaban J connectivity index is 2.91. The van der Waals surface area contributed by atoms with Gasteiger partial charge in [-0.05, 0) is 31.5 Å². The van der Waals surface area contributed by atoms with Gasteiger partial charge in [-0.3, -0.25) is 0 Å². The molecule has 0 saturated heterocycles. The molecular formula is C12H20ClNS. The average Bonchev–Trinajstić information content (AvgIpc) is 2.55. The van der Waals surface area contributed by atoms with Crippen LogP contribution in [0, 0.1) is 12.8 Å². The van der Waals surface area contributed by atoms with Crippen molar-refractivity contribution in [1.82, 2.24) is 5.32 Å². The van der Waals surface area contributed by atoms with Crippen LogP contribution in [0.2, 0.25) is 4.34 Å². The summed E-state index contributed by atoms with van der Waals surface area (Å²) in [4.78, 5) is 1.37. The smallest absolute Gasteiger partial charge is 0.0960 e. The van der Waals surface area contributed by atoms with E-state index in [9.17, 15) is 0 Å². The highest BCUT2D eigenvalue weighted by molar-refractivity contribution is 7.16. The summed E-state index contributed by atoms with van der Waals surface area (Å²) >= 11 is 7.82. The van der Waals surface area contributed by atoms with Gasteiger partial charge in [0.05, 0.1) is 4.34 Å². The fourth-order valence-electron chi connectivity index (χ4n) is 2.01. The number of aryl methyl sites for hydroxylation is 1. The van der Waals surface area contributed by atoms with Crippen LogP contribution >= 0.6 is 22.9 Å². The molecule has 0 fully saturated rings. The maximum atomic E-state index is 6.11. The second kappa shape index (κ2) is 5.88. The Hall–Kier alpha value is -0.0500. The molecule has 1 heterocycles. The van der Waals surface area contributed by atoms with E-state index >= 15 is 0 Å². The van der Waals surface area contributed by atoms with Gasteiger partial charge in [0.2, 0.25) is 0 Å². The Morgan fingerprint density at radius 1 is 1.40 bits per heavy atom. The first kappa shape index (κ1) is 13.0. The molecular weight excluding hydrogens is 226 g/mol. The Morgan fingerprint density at radius 2 is 2.00 bits per heavy atom. The van der Waals surface area contributed by atoms with Crippen molar-refractivity contribution in [2.45, 2.75) is 39.7 Å². The minimum absolute atomic E-state index is 0.455. The van der Waals surface area contributed by atoms with E-state index in [4.69, 9.17) is 11.6 Å². The standard InChI is InChI=1S/C12H20ClNS/c1-5-9(6-2)11(14-4)10-7-8(3)12(13)15-10/h7,9,11,14H,5-6H2,1-4H3. The summed E-state index contributed by atoms with van der Waals surface area (Å²) < 4.78 is 0.927. The summed E-state index contributed by atoms with van der Waals surface area (Å²) in [6.07, 6.45) is 2.41. The van der Waals surface area contributed by atoms with Gasteiger partial charge < -0.3 is 5.32 Å². The van der Waals surface area contributed by atoms with Crippen LogP contribution in [0.5, 0.6) is 0 Å². The number of rotatable bonds is 5. The summed E-state index contributed by atoms with van der Waals surface area (Å²) in [5.41, 5.74) is 1.20. The van der Waals surface area contributed by atoms with Gasteiger partial charge in [0.15, 0.2) is 0 Å². The van der Waals surface area contributed by atoms with E-state index < -0.39 is 0 Å². The van der Waals surface area contributed by atoms with Crippen LogP contribution in [0.4, 0.5) is 0 Å².